The Kier molecular flexibility index (Phi) is 6.22. The zero-order chi connectivity index (χ0) is 19.8. The van der Waals surface area contributed by atoms with Gasteiger partial charge in [0.15, 0.2) is 5.78 Å². The van der Waals surface area contributed by atoms with Gasteiger partial charge < -0.3 is 10.1 Å². The second-order valence-corrected chi connectivity index (χ2v) is 5.95. The molecule has 0 unspecified atom stereocenters. The van der Waals surface area contributed by atoms with Crippen LogP contribution in [0.2, 0.25) is 0 Å². The fraction of sp³-hybridized carbons (Fsp3) is 0.0833. The van der Waals surface area contributed by atoms with Gasteiger partial charge >= 0.3 is 0 Å². The lowest BCUT2D eigenvalue weighted by molar-refractivity contribution is 0.0946. The summed E-state index contributed by atoms with van der Waals surface area (Å²) in [5.74, 6) is 6.14. The smallest absolute Gasteiger partial charge is 0.252 e. The molecule has 4 heteroatoms. The highest BCUT2D eigenvalue weighted by atomic mass is 16.5. The summed E-state index contributed by atoms with van der Waals surface area (Å²) in [6.07, 6.45) is 0. The molecule has 0 aliphatic rings. The van der Waals surface area contributed by atoms with Gasteiger partial charge in [0.05, 0.1) is 19.2 Å². The summed E-state index contributed by atoms with van der Waals surface area (Å²) in [4.78, 5) is 25.3. The quantitative estimate of drug-likeness (QED) is 0.551. The molecule has 0 atom stereocenters. The minimum atomic E-state index is -0.330. The molecule has 1 amide bonds. The van der Waals surface area contributed by atoms with Gasteiger partial charge in [0.1, 0.15) is 5.75 Å². The van der Waals surface area contributed by atoms with Crippen LogP contribution in [0.4, 0.5) is 0 Å². The molecule has 0 saturated carbocycles. The maximum Gasteiger partial charge on any atom is 0.252 e. The second kappa shape index (κ2) is 9.20. The topological polar surface area (TPSA) is 55.4 Å². The predicted molar refractivity (Wildman–Crippen MR) is 109 cm³/mol. The van der Waals surface area contributed by atoms with Crippen LogP contribution in [0.15, 0.2) is 78.9 Å². The van der Waals surface area contributed by atoms with E-state index >= 15 is 0 Å². The summed E-state index contributed by atoms with van der Waals surface area (Å²) >= 11 is 0. The molecule has 3 rings (SSSR count). The molecule has 0 heterocycles. The molecular weight excluding hydrogens is 350 g/mol. The first-order valence-electron chi connectivity index (χ1n) is 8.79. The van der Waals surface area contributed by atoms with Crippen LogP contribution in [-0.2, 0) is 0 Å². The van der Waals surface area contributed by atoms with E-state index in [0.29, 0.717) is 16.7 Å². The van der Waals surface area contributed by atoms with Crippen molar-refractivity contribution in [2.75, 3.05) is 13.7 Å². The number of ether oxygens (including phenoxy) is 1. The van der Waals surface area contributed by atoms with Crippen molar-refractivity contribution < 1.29 is 14.3 Å². The van der Waals surface area contributed by atoms with Gasteiger partial charge in [-0.15, -0.1) is 0 Å². The van der Waals surface area contributed by atoms with E-state index in [9.17, 15) is 9.59 Å². The first-order valence-corrected chi connectivity index (χ1v) is 8.79. The summed E-state index contributed by atoms with van der Waals surface area (Å²) in [5, 5.41) is 2.75. The largest absolute Gasteiger partial charge is 0.497 e. The first-order chi connectivity index (χ1) is 13.7. The van der Waals surface area contributed by atoms with E-state index in [1.807, 2.05) is 30.3 Å². The van der Waals surface area contributed by atoms with Crippen molar-refractivity contribution in [2.24, 2.45) is 0 Å². The van der Waals surface area contributed by atoms with Crippen LogP contribution in [0.3, 0.4) is 0 Å². The predicted octanol–water partition coefficient (Wildman–Crippen LogP) is 3.71. The fourth-order valence-corrected chi connectivity index (χ4v) is 2.66. The lowest BCUT2D eigenvalue weighted by Crippen LogP contribution is -2.25. The number of carbonyl (C=O) groups excluding carboxylic acids is 2. The lowest BCUT2D eigenvalue weighted by Gasteiger charge is -2.08. The van der Waals surface area contributed by atoms with Crippen molar-refractivity contribution in [1.29, 1.82) is 0 Å². The molecule has 3 aromatic rings. The van der Waals surface area contributed by atoms with Gasteiger partial charge in [-0.2, -0.15) is 0 Å². The molecule has 28 heavy (non-hydrogen) atoms. The number of carbonyl (C=O) groups is 2. The zero-order valence-electron chi connectivity index (χ0n) is 15.4. The molecule has 0 spiro atoms. The molecule has 138 valence electrons. The Morgan fingerprint density at radius 1 is 0.857 bits per heavy atom. The van der Waals surface area contributed by atoms with Crippen LogP contribution < -0.4 is 10.1 Å². The summed E-state index contributed by atoms with van der Waals surface area (Å²) in [6.45, 7) is 0.179. The highest BCUT2D eigenvalue weighted by molar-refractivity contribution is 6.15. The third-order valence-corrected chi connectivity index (χ3v) is 4.11. The molecule has 0 aromatic heterocycles. The van der Waals surface area contributed by atoms with E-state index in [1.165, 1.54) is 0 Å². The van der Waals surface area contributed by atoms with Crippen LogP contribution in [0.25, 0.3) is 0 Å². The van der Waals surface area contributed by atoms with Gasteiger partial charge in [0, 0.05) is 16.7 Å². The summed E-state index contributed by atoms with van der Waals surface area (Å²) in [6, 6.07) is 23.0. The molecule has 0 aliphatic carbocycles. The SMILES string of the molecule is COc1ccc(C#CCNC(=O)c2ccccc2C(=O)c2ccccc2)cc1. The van der Waals surface area contributed by atoms with Gasteiger partial charge in [0.25, 0.3) is 5.91 Å². The van der Waals surface area contributed by atoms with Crippen LogP contribution >= 0.6 is 0 Å². The highest BCUT2D eigenvalue weighted by Gasteiger charge is 2.17. The van der Waals surface area contributed by atoms with Gasteiger partial charge in [0.2, 0.25) is 0 Å². The van der Waals surface area contributed by atoms with Gasteiger partial charge in [-0.1, -0.05) is 60.4 Å². The van der Waals surface area contributed by atoms with E-state index in [0.717, 1.165) is 11.3 Å². The van der Waals surface area contributed by atoms with E-state index < -0.39 is 0 Å². The van der Waals surface area contributed by atoms with E-state index in [-0.39, 0.29) is 18.2 Å². The molecule has 0 radical (unpaired) electrons. The summed E-state index contributed by atoms with van der Waals surface area (Å²) < 4.78 is 5.10. The van der Waals surface area contributed by atoms with Gasteiger partial charge in [-0.3, -0.25) is 9.59 Å². The second-order valence-electron chi connectivity index (χ2n) is 5.95. The molecule has 0 fully saturated rings. The third-order valence-electron chi connectivity index (χ3n) is 4.11. The average Bonchev–Trinajstić information content (AvgIpc) is 2.77. The van der Waals surface area contributed by atoms with Crippen LogP contribution in [0.5, 0.6) is 5.75 Å². The standard InChI is InChI=1S/C24H19NO3/c1-28-20-15-13-18(14-16-20)8-7-17-25-24(27)22-12-6-5-11-21(22)23(26)19-9-3-2-4-10-19/h2-6,9-16H,17H2,1H3,(H,25,27). The van der Waals surface area contributed by atoms with Crippen molar-refractivity contribution >= 4 is 11.7 Å². The molecule has 1 N–H and O–H groups in total. The Labute approximate surface area is 164 Å². The minimum Gasteiger partial charge on any atom is -0.497 e. The summed E-state index contributed by atoms with van der Waals surface area (Å²) in [7, 11) is 1.61. The number of benzene rings is 3. The Morgan fingerprint density at radius 2 is 1.50 bits per heavy atom. The van der Waals surface area contributed by atoms with Crippen molar-refractivity contribution in [1.82, 2.24) is 5.32 Å². The molecule has 4 nitrogen and oxygen atoms in total. The van der Waals surface area contributed by atoms with Crippen molar-refractivity contribution in [3.8, 4) is 17.6 Å². The Hall–Kier alpha value is -3.84. The third kappa shape index (κ3) is 4.66. The normalized spacial score (nSPS) is 9.75. The van der Waals surface area contributed by atoms with Crippen molar-refractivity contribution in [2.45, 2.75) is 0 Å². The number of rotatable bonds is 5. The fourth-order valence-electron chi connectivity index (χ4n) is 2.66. The maximum atomic E-state index is 12.7. The Balaban J connectivity index is 1.68. The van der Waals surface area contributed by atoms with Gasteiger partial charge in [-0.05, 0) is 30.3 Å². The van der Waals surface area contributed by atoms with Crippen molar-refractivity contribution in [3.05, 3.63) is 101 Å². The van der Waals surface area contributed by atoms with Crippen LogP contribution in [0.1, 0.15) is 31.8 Å². The Bertz CT molecular complexity index is 1030. The van der Waals surface area contributed by atoms with E-state index in [2.05, 4.69) is 17.2 Å². The Morgan fingerprint density at radius 3 is 2.18 bits per heavy atom. The van der Waals surface area contributed by atoms with E-state index in [4.69, 9.17) is 4.74 Å². The number of nitrogens with one attached hydrogen (secondary N) is 1. The van der Waals surface area contributed by atoms with E-state index in [1.54, 1.807) is 55.6 Å². The average molecular weight is 369 g/mol. The highest BCUT2D eigenvalue weighted by Crippen LogP contribution is 2.15. The number of amides is 1. The van der Waals surface area contributed by atoms with Crippen LogP contribution in [0, 0.1) is 11.8 Å². The van der Waals surface area contributed by atoms with Crippen molar-refractivity contribution in [3.63, 3.8) is 0 Å². The number of methoxy groups -OCH3 is 1. The molecule has 3 aromatic carbocycles. The molecule has 0 bridgehead atoms. The first kappa shape index (κ1) is 18.9. The molecular formula is C24H19NO3. The molecule has 0 saturated heterocycles. The lowest BCUT2D eigenvalue weighted by atomic mass is 9.98. The number of hydrogen-bond acceptors (Lipinski definition) is 3. The summed E-state index contributed by atoms with van der Waals surface area (Å²) in [5.41, 5.74) is 2.08. The number of hydrogen-bond donors (Lipinski definition) is 1. The number of ketones is 1. The monoisotopic (exact) mass is 369 g/mol. The van der Waals surface area contributed by atoms with Crippen LogP contribution in [-0.4, -0.2) is 25.3 Å². The maximum absolute atomic E-state index is 12.7. The molecule has 0 aliphatic heterocycles. The minimum absolute atomic E-state index is 0.179. The zero-order valence-corrected chi connectivity index (χ0v) is 15.4. The van der Waals surface area contributed by atoms with Gasteiger partial charge in [-0.25, -0.2) is 0 Å².